The highest BCUT2D eigenvalue weighted by Crippen LogP contribution is 2.43. The van der Waals surface area contributed by atoms with Crippen LogP contribution in [0.3, 0.4) is 0 Å². The van der Waals surface area contributed by atoms with E-state index in [4.69, 9.17) is 4.74 Å². The molecular formula is C19H37NO. The molecule has 2 aliphatic carbocycles. The Hall–Kier alpha value is -0.0800. The summed E-state index contributed by atoms with van der Waals surface area (Å²) in [6.07, 6.45) is 13.6. The normalized spacial score (nSPS) is 30.4. The lowest BCUT2D eigenvalue weighted by atomic mass is 9.71. The molecule has 2 aliphatic rings. The molecule has 0 heterocycles. The van der Waals surface area contributed by atoms with Gasteiger partial charge in [0.2, 0.25) is 0 Å². The van der Waals surface area contributed by atoms with Crippen molar-refractivity contribution in [3.05, 3.63) is 0 Å². The van der Waals surface area contributed by atoms with E-state index in [1.165, 1.54) is 64.2 Å². The van der Waals surface area contributed by atoms with Crippen molar-refractivity contribution in [2.24, 2.45) is 11.8 Å². The summed E-state index contributed by atoms with van der Waals surface area (Å²) in [5.41, 5.74) is 0.143. The van der Waals surface area contributed by atoms with Gasteiger partial charge in [-0.25, -0.2) is 0 Å². The van der Waals surface area contributed by atoms with Crippen molar-refractivity contribution in [3.63, 3.8) is 0 Å². The summed E-state index contributed by atoms with van der Waals surface area (Å²) in [6.45, 7) is 8.84. The van der Waals surface area contributed by atoms with Crippen molar-refractivity contribution in [2.45, 2.75) is 96.6 Å². The minimum absolute atomic E-state index is 0.143. The van der Waals surface area contributed by atoms with Crippen LogP contribution >= 0.6 is 0 Å². The van der Waals surface area contributed by atoms with Crippen LogP contribution in [-0.4, -0.2) is 24.8 Å². The Morgan fingerprint density at radius 1 is 1.10 bits per heavy atom. The molecule has 0 radical (unpaired) electrons. The monoisotopic (exact) mass is 295 g/mol. The third kappa shape index (κ3) is 4.22. The van der Waals surface area contributed by atoms with E-state index in [-0.39, 0.29) is 5.60 Å². The van der Waals surface area contributed by atoms with Gasteiger partial charge in [0.1, 0.15) is 0 Å². The van der Waals surface area contributed by atoms with Crippen LogP contribution in [0.25, 0.3) is 0 Å². The average molecular weight is 296 g/mol. The van der Waals surface area contributed by atoms with E-state index in [0.717, 1.165) is 25.0 Å². The van der Waals surface area contributed by atoms with Gasteiger partial charge in [-0.05, 0) is 57.4 Å². The van der Waals surface area contributed by atoms with Gasteiger partial charge in [0, 0.05) is 12.6 Å². The maximum absolute atomic E-state index is 6.41. The Labute approximate surface area is 132 Å². The van der Waals surface area contributed by atoms with Gasteiger partial charge in [0.05, 0.1) is 5.60 Å². The van der Waals surface area contributed by atoms with Crippen molar-refractivity contribution in [1.29, 1.82) is 0 Å². The zero-order valence-corrected chi connectivity index (χ0v) is 14.6. The molecule has 0 aliphatic heterocycles. The van der Waals surface area contributed by atoms with Gasteiger partial charge in [0.25, 0.3) is 0 Å². The minimum atomic E-state index is 0.143. The Morgan fingerprint density at radius 3 is 2.48 bits per heavy atom. The first-order valence-electron chi connectivity index (χ1n) is 9.63. The van der Waals surface area contributed by atoms with Crippen LogP contribution in [-0.2, 0) is 4.74 Å². The van der Waals surface area contributed by atoms with E-state index in [1.54, 1.807) is 0 Å². The summed E-state index contributed by atoms with van der Waals surface area (Å²) in [5.74, 6) is 1.79. The van der Waals surface area contributed by atoms with Crippen molar-refractivity contribution >= 4 is 0 Å². The first-order chi connectivity index (χ1) is 10.3. The second-order valence-corrected chi connectivity index (χ2v) is 7.34. The summed E-state index contributed by atoms with van der Waals surface area (Å²) in [4.78, 5) is 0. The number of nitrogens with one attached hydrogen (secondary N) is 1. The van der Waals surface area contributed by atoms with Gasteiger partial charge in [-0.1, -0.05) is 46.0 Å². The Bertz CT molecular complexity index is 285. The molecule has 0 aromatic rings. The Morgan fingerprint density at radius 2 is 1.86 bits per heavy atom. The molecule has 0 aromatic heterocycles. The van der Waals surface area contributed by atoms with Crippen LogP contribution in [0.5, 0.6) is 0 Å². The minimum Gasteiger partial charge on any atom is -0.374 e. The predicted molar refractivity (Wildman–Crippen MR) is 90.6 cm³/mol. The Kier molecular flexibility index (Phi) is 7.01. The standard InChI is InChI=1S/C19H37NO/c1-4-14-20-18(17-11-9-10-16(5-2)15-17)19(21-6-3)12-7-8-13-19/h16-18,20H,4-15H2,1-3H3. The fraction of sp³-hybridized carbons (Fsp3) is 1.00. The molecule has 2 nitrogen and oxygen atoms in total. The average Bonchev–Trinajstić information content (AvgIpc) is 2.98. The van der Waals surface area contributed by atoms with Crippen LogP contribution < -0.4 is 5.32 Å². The number of ether oxygens (including phenoxy) is 1. The molecule has 1 N–H and O–H groups in total. The Balaban J connectivity index is 2.11. The van der Waals surface area contributed by atoms with E-state index in [9.17, 15) is 0 Å². The second-order valence-electron chi connectivity index (χ2n) is 7.34. The topological polar surface area (TPSA) is 21.3 Å². The third-order valence-corrected chi connectivity index (χ3v) is 5.93. The molecule has 124 valence electrons. The molecule has 3 unspecified atom stereocenters. The highest BCUT2D eigenvalue weighted by molar-refractivity contribution is 5.01. The third-order valence-electron chi connectivity index (χ3n) is 5.93. The molecule has 2 heteroatoms. The van der Waals surface area contributed by atoms with Gasteiger partial charge in [-0.3, -0.25) is 0 Å². The zero-order valence-electron chi connectivity index (χ0n) is 14.6. The smallest absolute Gasteiger partial charge is 0.0837 e. The quantitative estimate of drug-likeness (QED) is 0.686. The summed E-state index contributed by atoms with van der Waals surface area (Å²) < 4.78 is 6.41. The van der Waals surface area contributed by atoms with E-state index in [2.05, 4.69) is 26.1 Å². The summed E-state index contributed by atoms with van der Waals surface area (Å²) in [6, 6.07) is 0.592. The van der Waals surface area contributed by atoms with Crippen molar-refractivity contribution in [3.8, 4) is 0 Å². The largest absolute Gasteiger partial charge is 0.374 e. The van der Waals surface area contributed by atoms with Crippen LogP contribution in [0.2, 0.25) is 0 Å². The number of rotatable bonds is 8. The summed E-state index contributed by atoms with van der Waals surface area (Å²) >= 11 is 0. The van der Waals surface area contributed by atoms with Gasteiger partial charge in [0.15, 0.2) is 0 Å². The number of hydrogen-bond donors (Lipinski definition) is 1. The first kappa shape index (κ1) is 17.3. The molecule has 0 spiro atoms. The predicted octanol–water partition coefficient (Wildman–Crippen LogP) is 4.92. The SMILES string of the molecule is CCCNC(C1CCCC(CC)C1)C1(OCC)CCCC1. The molecule has 2 saturated carbocycles. The summed E-state index contributed by atoms with van der Waals surface area (Å²) in [7, 11) is 0. The van der Waals surface area contributed by atoms with Crippen molar-refractivity contribution < 1.29 is 4.74 Å². The van der Waals surface area contributed by atoms with E-state index in [1.807, 2.05) is 0 Å². The van der Waals surface area contributed by atoms with E-state index in [0.29, 0.717) is 6.04 Å². The lowest BCUT2D eigenvalue weighted by Crippen LogP contribution is -2.56. The van der Waals surface area contributed by atoms with Crippen LogP contribution in [0, 0.1) is 11.8 Å². The lowest BCUT2D eigenvalue weighted by Gasteiger charge is -2.45. The molecular weight excluding hydrogens is 258 g/mol. The molecule has 21 heavy (non-hydrogen) atoms. The van der Waals surface area contributed by atoms with Crippen LogP contribution in [0.1, 0.15) is 85.0 Å². The van der Waals surface area contributed by atoms with E-state index >= 15 is 0 Å². The number of hydrogen-bond acceptors (Lipinski definition) is 2. The maximum Gasteiger partial charge on any atom is 0.0837 e. The molecule has 0 bridgehead atoms. The van der Waals surface area contributed by atoms with Gasteiger partial charge < -0.3 is 10.1 Å². The molecule has 3 atom stereocenters. The van der Waals surface area contributed by atoms with Crippen LogP contribution in [0.15, 0.2) is 0 Å². The van der Waals surface area contributed by atoms with Gasteiger partial charge >= 0.3 is 0 Å². The first-order valence-corrected chi connectivity index (χ1v) is 9.63. The lowest BCUT2D eigenvalue weighted by molar-refractivity contribution is -0.0811. The highest BCUT2D eigenvalue weighted by atomic mass is 16.5. The van der Waals surface area contributed by atoms with E-state index < -0.39 is 0 Å². The highest BCUT2D eigenvalue weighted by Gasteiger charge is 2.46. The fourth-order valence-corrected chi connectivity index (χ4v) is 4.89. The molecule has 2 fully saturated rings. The van der Waals surface area contributed by atoms with Crippen molar-refractivity contribution in [1.82, 2.24) is 5.32 Å². The summed E-state index contributed by atoms with van der Waals surface area (Å²) in [5, 5.41) is 3.93. The van der Waals surface area contributed by atoms with Crippen molar-refractivity contribution in [2.75, 3.05) is 13.2 Å². The van der Waals surface area contributed by atoms with Gasteiger partial charge in [-0.15, -0.1) is 0 Å². The fourth-order valence-electron chi connectivity index (χ4n) is 4.89. The molecule has 0 aromatic carbocycles. The molecule has 2 rings (SSSR count). The van der Waals surface area contributed by atoms with Gasteiger partial charge in [-0.2, -0.15) is 0 Å². The molecule has 0 amide bonds. The zero-order chi connectivity index (χ0) is 15.1. The molecule has 0 saturated heterocycles. The maximum atomic E-state index is 6.41. The van der Waals surface area contributed by atoms with Crippen LogP contribution in [0.4, 0.5) is 0 Å². The second kappa shape index (κ2) is 8.53.